The molecule has 0 amide bonds. The first-order valence-electron chi connectivity index (χ1n) is 6.12. The minimum atomic E-state index is 0.0139. The quantitative estimate of drug-likeness (QED) is 0.470. The molecular formula is C15H15IN2O. The molecule has 0 bridgehead atoms. The Labute approximate surface area is 126 Å². The van der Waals surface area contributed by atoms with E-state index in [1.807, 2.05) is 55.1 Å². The van der Waals surface area contributed by atoms with Gasteiger partial charge in [0.1, 0.15) is 0 Å². The minimum absolute atomic E-state index is 0.0139. The number of allylic oxidation sites excluding steroid dienone is 1. The Morgan fingerprint density at radius 2 is 2.05 bits per heavy atom. The van der Waals surface area contributed by atoms with E-state index >= 15 is 0 Å². The molecule has 0 spiro atoms. The van der Waals surface area contributed by atoms with Gasteiger partial charge in [-0.15, -0.1) is 0 Å². The highest BCUT2D eigenvalue weighted by molar-refractivity contribution is 14.1. The molecule has 2 aromatic rings. The van der Waals surface area contributed by atoms with Crippen LogP contribution in [0.5, 0.6) is 0 Å². The zero-order valence-electron chi connectivity index (χ0n) is 10.9. The van der Waals surface area contributed by atoms with Crippen molar-refractivity contribution in [1.29, 1.82) is 0 Å². The van der Waals surface area contributed by atoms with Crippen LogP contribution in [0.3, 0.4) is 0 Å². The van der Waals surface area contributed by atoms with Crippen LogP contribution in [0, 0.1) is 10.5 Å². The van der Waals surface area contributed by atoms with Gasteiger partial charge in [-0.3, -0.25) is 9.48 Å². The van der Waals surface area contributed by atoms with Crippen molar-refractivity contribution in [2.75, 3.05) is 0 Å². The average Bonchev–Trinajstić information content (AvgIpc) is 2.77. The Kier molecular flexibility index (Phi) is 4.52. The third-order valence-corrected chi connectivity index (χ3v) is 3.57. The van der Waals surface area contributed by atoms with Gasteiger partial charge in [0.25, 0.3) is 0 Å². The smallest absolute Gasteiger partial charge is 0.185 e. The lowest BCUT2D eigenvalue weighted by atomic mass is 10.1. The van der Waals surface area contributed by atoms with Crippen molar-refractivity contribution in [3.63, 3.8) is 0 Å². The van der Waals surface area contributed by atoms with Crippen molar-refractivity contribution in [3.8, 4) is 0 Å². The summed E-state index contributed by atoms with van der Waals surface area (Å²) in [5.41, 5.74) is 2.63. The van der Waals surface area contributed by atoms with Crippen molar-refractivity contribution in [2.45, 2.75) is 20.4 Å². The molecule has 3 nitrogen and oxygen atoms in total. The van der Waals surface area contributed by atoms with E-state index in [-0.39, 0.29) is 5.78 Å². The summed E-state index contributed by atoms with van der Waals surface area (Å²) in [5, 5.41) is 4.34. The molecule has 0 unspecified atom stereocenters. The van der Waals surface area contributed by atoms with Gasteiger partial charge < -0.3 is 0 Å². The molecule has 1 heterocycles. The number of halogens is 1. The predicted molar refractivity (Wildman–Crippen MR) is 85.2 cm³/mol. The zero-order valence-corrected chi connectivity index (χ0v) is 13.1. The summed E-state index contributed by atoms with van der Waals surface area (Å²) in [6, 6.07) is 7.55. The Morgan fingerprint density at radius 3 is 2.63 bits per heavy atom. The van der Waals surface area contributed by atoms with Gasteiger partial charge in [-0.2, -0.15) is 5.10 Å². The highest BCUT2D eigenvalue weighted by atomic mass is 127. The number of ketones is 1. The first-order valence-corrected chi connectivity index (χ1v) is 7.20. The van der Waals surface area contributed by atoms with E-state index in [0.29, 0.717) is 5.56 Å². The van der Waals surface area contributed by atoms with E-state index in [1.54, 1.807) is 6.08 Å². The molecule has 0 N–H and O–H groups in total. The van der Waals surface area contributed by atoms with Gasteiger partial charge in [-0.1, -0.05) is 12.1 Å². The molecule has 0 aliphatic carbocycles. The standard InChI is InChI=1S/C15H15IN2O/c1-3-18-10-13(11(2)17-18)6-9-15(19)12-4-7-14(16)8-5-12/h4-10H,3H2,1-2H3/b9-6+. The van der Waals surface area contributed by atoms with Crippen molar-refractivity contribution in [1.82, 2.24) is 9.78 Å². The molecular weight excluding hydrogens is 351 g/mol. The number of aryl methyl sites for hydroxylation is 2. The number of benzene rings is 1. The topological polar surface area (TPSA) is 34.9 Å². The van der Waals surface area contributed by atoms with Crippen LogP contribution in [-0.4, -0.2) is 15.6 Å². The normalized spacial score (nSPS) is 11.1. The van der Waals surface area contributed by atoms with E-state index in [9.17, 15) is 4.79 Å². The lowest BCUT2D eigenvalue weighted by Crippen LogP contribution is -1.93. The number of carbonyl (C=O) groups is 1. The van der Waals surface area contributed by atoms with Gasteiger partial charge >= 0.3 is 0 Å². The molecule has 0 radical (unpaired) electrons. The fourth-order valence-corrected chi connectivity index (χ4v) is 2.09. The Hall–Kier alpha value is -1.43. The molecule has 0 fully saturated rings. The van der Waals surface area contributed by atoms with E-state index in [1.165, 1.54) is 0 Å². The lowest BCUT2D eigenvalue weighted by molar-refractivity contribution is 0.104. The lowest BCUT2D eigenvalue weighted by Gasteiger charge is -1.95. The van der Waals surface area contributed by atoms with Crippen LogP contribution in [-0.2, 0) is 6.54 Å². The maximum absolute atomic E-state index is 12.0. The number of rotatable bonds is 4. The fourth-order valence-electron chi connectivity index (χ4n) is 1.73. The number of hydrogen-bond donors (Lipinski definition) is 0. The Bertz CT molecular complexity index is 612. The molecule has 2 rings (SSSR count). The summed E-state index contributed by atoms with van der Waals surface area (Å²) in [4.78, 5) is 12.0. The summed E-state index contributed by atoms with van der Waals surface area (Å²) in [5.74, 6) is 0.0139. The number of carbonyl (C=O) groups excluding carboxylic acids is 1. The van der Waals surface area contributed by atoms with E-state index in [0.717, 1.165) is 21.4 Å². The summed E-state index contributed by atoms with van der Waals surface area (Å²) in [6.45, 7) is 4.82. The third kappa shape index (κ3) is 3.53. The van der Waals surface area contributed by atoms with E-state index < -0.39 is 0 Å². The zero-order chi connectivity index (χ0) is 13.8. The van der Waals surface area contributed by atoms with Crippen molar-refractivity contribution >= 4 is 34.5 Å². The Morgan fingerprint density at radius 1 is 1.37 bits per heavy atom. The molecule has 19 heavy (non-hydrogen) atoms. The van der Waals surface area contributed by atoms with Gasteiger partial charge in [0.05, 0.1) is 5.69 Å². The van der Waals surface area contributed by atoms with Crippen LogP contribution in [0.1, 0.15) is 28.5 Å². The first-order chi connectivity index (χ1) is 9.10. The average molecular weight is 366 g/mol. The fraction of sp³-hybridized carbons (Fsp3) is 0.200. The highest BCUT2D eigenvalue weighted by Crippen LogP contribution is 2.11. The maximum Gasteiger partial charge on any atom is 0.185 e. The van der Waals surface area contributed by atoms with Gasteiger partial charge in [-0.05, 0) is 60.7 Å². The van der Waals surface area contributed by atoms with Gasteiger partial charge in [0.15, 0.2) is 5.78 Å². The van der Waals surface area contributed by atoms with Crippen LogP contribution in [0.15, 0.2) is 36.5 Å². The number of aromatic nitrogens is 2. The number of hydrogen-bond acceptors (Lipinski definition) is 2. The second-order valence-electron chi connectivity index (χ2n) is 4.23. The number of nitrogens with zero attached hydrogens (tertiary/aromatic N) is 2. The molecule has 0 saturated heterocycles. The maximum atomic E-state index is 12.0. The van der Waals surface area contributed by atoms with Gasteiger partial charge in [0, 0.05) is 27.4 Å². The van der Waals surface area contributed by atoms with Crippen molar-refractivity contribution < 1.29 is 4.79 Å². The molecule has 4 heteroatoms. The largest absolute Gasteiger partial charge is 0.289 e. The van der Waals surface area contributed by atoms with Crippen molar-refractivity contribution in [3.05, 3.63) is 56.9 Å². The van der Waals surface area contributed by atoms with Gasteiger partial charge in [-0.25, -0.2) is 0 Å². The monoisotopic (exact) mass is 366 g/mol. The molecule has 1 aromatic carbocycles. The second kappa shape index (κ2) is 6.14. The molecule has 0 aliphatic rings. The summed E-state index contributed by atoms with van der Waals surface area (Å²) in [6.07, 6.45) is 5.38. The van der Waals surface area contributed by atoms with Crippen LogP contribution >= 0.6 is 22.6 Å². The predicted octanol–water partition coefficient (Wildman–Crippen LogP) is 3.71. The summed E-state index contributed by atoms with van der Waals surface area (Å²) in [7, 11) is 0. The Balaban J connectivity index is 2.15. The van der Waals surface area contributed by atoms with Crippen LogP contribution < -0.4 is 0 Å². The second-order valence-corrected chi connectivity index (χ2v) is 5.48. The van der Waals surface area contributed by atoms with Crippen LogP contribution in [0.25, 0.3) is 6.08 Å². The molecule has 0 atom stereocenters. The van der Waals surface area contributed by atoms with Crippen LogP contribution in [0.4, 0.5) is 0 Å². The molecule has 1 aromatic heterocycles. The van der Waals surface area contributed by atoms with Crippen molar-refractivity contribution in [2.24, 2.45) is 0 Å². The highest BCUT2D eigenvalue weighted by Gasteiger charge is 2.03. The van der Waals surface area contributed by atoms with Crippen LogP contribution in [0.2, 0.25) is 0 Å². The molecule has 98 valence electrons. The minimum Gasteiger partial charge on any atom is -0.289 e. The van der Waals surface area contributed by atoms with Gasteiger partial charge in [0.2, 0.25) is 0 Å². The molecule has 0 aliphatic heterocycles. The SMILES string of the molecule is CCn1cc(/C=C/C(=O)c2ccc(I)cc2)c(C)n1. The first kappa shape index (κ1) is 14.0. The van der Waals surface area contributed by atoms with E-state index in [4.69, 9.17) is 0 Å². The van der Waals surface area contributed by atoms with E-state index in [2.05, 4.69) is 27.7 Å². The summed E-state index contributed by atoms with van der Waals surface area (Å²) >= 11 is 2.22. The third-order valence-electron chi connectivity index (χ3n) is 2.85. The molecule has 0 saturated carbocycles. The summed E-state index contributed by atoms with van der Waals surface area (Å²) < 4.78 is 2.99.